The summed E-state index contributed by atoms with van der Waals surface area (Å²) in [5.74, 6) is 3.25. The maximum atomic E-state index is 4.50. The first-order chi connectivity index (χ1) is 7.11. The molecule has 0 radical (unpaired) electrons. The van der Waals surface area contributed by atoms with Crippen LogP contribution in [0.1, 0.15) is 50.7 Å². The lowest BCUT2D eigenvalue weighted by atomic mass is 9.85. The Bertz CT molecular complexity index is 358. The molecule has 1 aromatic heterocycles. The number of hydrogen-bond donors (Lipinski definition) is 0. The predicted octanol–water partition coefficient (Wildman–Crippen LogP) is 4.05. The summed E-state index contributed by atoms with van der Waals surface area (Å²) in [6.07, 6.45) is 1.96. The van der Waals surface area contributed by atoms with Crippen LogP contribution in [-0.4, -0.2) is 10.7 Å². The molecular formula is C13H19NS. The maximum Gasteiger partial charge on any atom is 0.0998 e. The summed E-state index contributed by atoms with van der Waals surface area (Å²) >= 11 is 1.92. The first kappa shape index (κ1) is 11.0. The van der Waals surface area contributed by atoms with Crippen molar-refractivity contribution in [1.82, 2.24) is 4.98 Å². The lowest BCUT2D eigenvalue weighted by Gasteiger charge is -2.19. The number of nitrogens with zero attached hydrogens (tertiary/aromatic N) is 1. The van der Waals surface area contributed by atoms with Gasteiger partial charge in [-0.15, -0.1) is 11.8 Å². The standard InChI is InChI=1S/C13H19NS/c1-8(2)10-5-6-14-13-12(10)11(7-15-13)9(3)4/h5-6,8-9,11H,7H2,1-4H3. The number of rotatable bonds is 2. The molecule has 0 aliphatic carbocycles. The van der Waals surface area contributed by atoms with Crippen LogP contribution < -0.4 is 0 Å². The van der Waals surface area contributed by atoms with E-state index in [4.69, 9.17) is 0 Å². The van der Waals surface area contributed by atoms with Gasteiger partial charge in [0.1, 0.15) is 0 Å². The van der Waals surface area contributed by atoms with Crippen molar-refractivity contribution >= 4 is 11.8 Å². The van der Waals surface area contributed by atoms with Crippen LogP contribution in [0, 0.1) is 5.92 Å². The van der Waals surface area contributed by atoms with Crippen LogP contribution >= 0.6 is 11.8 Å². The summed E-state index contributed by atoms with van der Waals surface area (Å²) in [5, 5.41) is 1.28. The highest BCUT2D eigenvalue weighted by molar-refractivity contribution is 7.99. The molecule has 1 unspecified atom stereocenters. The van der Waals surface area contributed by atoms with E-state index in [1.165, 1.54) is 21.9 Å². The van der Waals surface area contributed by atoms with Gasteiger partial charge in [-0.05, 0) is 34.9 Å². The third kappa shape index (κ3) is 1.92. The van der Waals surface area contributed by atoms with Gasteiger partial charge in [0.25, 0.3) is 0 Å². The van der Waals surface area contributed by atoms with Gasteiger partial charge in [0.15, 0.2) is 0 Å². The fourth-order valence-electron chi connectivity index (χ4n) is 2.24. The van der Waals surface area contributed by atoms with Crippen LogP contribution in [0.2, 0.25) is 0 Å². The molecule has 2 rings (SSSR count). The second-order valence-electron chi connectivity index (χ2n) is 4.94. The van der Waals surface area contributed by atoms with E-state index in [1.54, 1.807) is 0 Å². The third-order valence-electron chi connectivity index (χ3n) is 3.18. The Morgan fingerprint density at radius 1 is 1.33 bits per heavy atom. The second-order valence-corrected chi connectivity index (χ2v) is 5.94. The molecule has 1 aliphatic rings. The molecule has 0 N–H and O–H groups in total. The average molecular weight is 221 g/mol. The zero-order chi connectivity index (χ0) is 11.0. The number of pyridine rings is 1. The third-order valence-corrected chi connectivity index (χ3v) is 4.31. The minimum atomic E-state index is 0.613. The summed E-state index contributed by atoms with van der Waals surface area (Å²) in [6, 6.07) is 2.20. The van der Waals surface area contributed by atoms with E-state index in [0.717, 1.165) is 5.92 Å². The fourth-order valence-corrected chi connectivity index (χ4v) is 3.69. The smallest absolute Gasteiger partial charge is 0.0998 e. The molecule has 1 nitrogen and oxygen atoms in total. The Morgan fingerprint density at radius 3 is 2.67 bits per heavy atom. The average Bonchev–Trinajstić information content (AvgIpc) is 2.60. The van der Waals surface area contributed by atoms with Gasteiger partial charge >= 0.3 is 0 Å². The van der Waals surface area contributed by atoms with Crippen LogP contribution in [-0.2, 0) is 0 Å². The van der Waals surface area contributed by atoms with Crippen LogP contribution in [0.3, 0.4) is 0 Å². The van der Waals surface area contributed by atoms with Crippen molar-refractivity contribution in [2.24, 2.45) is 5.92 Å². The van der Waals surface area contributed by atoms with Gasteiger partial charge < -0.3 is 0 Å². The summed E-state index contributed by atoms with van der Waals surface area (Å²) < 4.78 is 0. The zero-order valence-electron chi connectivity index (χ0n) is 9.95. The van der Waals surface area contributed by atoms with Crippen molar-refractivity contribution in [1.29, 1.82) is 0 Å². The van der Waals surface area contributed by atoms with Gasteiger partial charge in [-0.3, -0.25) is 0 Å². The Hall–Kier alpha value is -0.500. The van der Waals surface area contributed by atoms with Crippen molar-refractivity contribution < 1.29 is 0 Å². The SMILES string of the molecule is CC(C)c1ccnc2c1C(C(C)C)CS2. The first-order valence-corrected chi connectivity index (χ1v) is 6.71. The molecule has 0 fully saturated rings. The van der Waals surface area contributed by atoms with E-state index < -0.39 is 0 Å². The number of aromatic nitrogens is 1. The molecule has 1 aliphatic heterocycles. The quantitative estimate of drug-likeness (QED) is 0.747. The van der Waals surface area contributed by atoms with Crippen molar-refractivity contribution in [3.05, 3.63) is 23.4 Å². The molecule has 0 aromatic carbocycles. The van der Waals surface area contributed by atoms with Gasteiger partial charge in [-0.2, -0.15) is 0 Å². The highest BCUT2D eigenvalue weighted by atomic mass is 32.2. The monoisotopic (exact) mass is 221 g/mol. The van der Waals surface area contributed by atoms with Crippen LogP contribution in [0.25, 0.3) is 0 Å². The molecule has 0 amide bonds. The Kier molecular flexibility index (Phi) is 3.06. The normalized spacial score (nSPS) is 20.0. The minimum absolute atomic E-state index is 0.613. The summed E-state index contributed by atoms with van der Waals surface area (Å²) in [5.41, 5.74) is 3.04. The molecule has 15 heavy (non-hydrogen) atoms. The lowest BCUT2D eigenvalue weighted by molar-refractivity contribution is 0.534. The summed E-state index contributed by atoms with van der Waals surface area (Å²) in [6.45, 7) is 9.18. The number of fused-ring (bicyclic) bond motifs is 1. The van der Waals surface area contributed by atoms with Crippen molar-refractivity contribution in [2.45, 2.75) is 44.6 Å². The van der Waals surface area contributed by atoms with E-state index in [2.05, 4.69) is 38.7 Å². The van der Waals surface area contributed by atoms with E-state index in [1.807, 2.05) is 18.0 Å². The highest BCUT2D eigenvalue weighted by Gasteiger charge is 2.29. The Morgan fingerprint density at radius 2 is 2.07 bits per heavy atom. The van der Waals surface area contributed by atoms with Crippen LogP contribution in [0.15, 0.2) is 17.3 Å². The van der Waals surface area contributed by atoms with Crippen molar-refractivity contribution in [3.8, 4) is 0 Å². The van der Waals surface area contributed by atoms with E-state index in [0.29, 0.717) is 11.8 Å². The van der Waals surface area contributed by atoms with Crippen molar-refractivity contribution in [3.63, 3.8) is 0 Å². The van der Waals surface area contributed by atoms with Gasteiger partial charge in [0, 0.05) is 11.9 Å². The summed E-state index contributed by atoms with van der Waals surface area (Å²) in [7, 11) is 0. The molecule has 82 valence electrons. The van der Waals surface area contributed by atoms with Crippen molar-refractivity contribution in [2.75, 3.05) is 5.75 Å². The molecule has 0 bridgehead atoms. The molecule has 2 heteroatoms. The second kappa shape index (κ2) is 4.17. The fraction of sp³-hybridized carbons (Fsp3) is 0.615. The minimum Gasteiger partial charge on any atom is -0.250 e. The van der Waals surface area contributed by atoms with Crippen LogP contribution in [0.5, 0.6) is 0 Å². The van der Waals surface area contributed by atoms with Gasteiger partial charge in [-0.1, -0.05) is 27.7 Å². The Labute approximate surface area is 96.7 Å². The van der Waals surface area contributed by atoms with Gasteiger partial charge in [0.2, 0.25) is 0 Å². The van der Waals surface area contributed by atoms with E-state index in [9.17, 15) is 0 Å². The molecule has 1 aromatic rings. The largest absolute Gasteiger partial charge is 0.250 e. The molecule has 0 saturated heterocycles. The Balaban J connectivity index is 2.48. The molecule has 1 atom stereocenters. The molecule has 2 heterocycles. The maximum absolute atomic E-state index is 4.50. The number of thioether (sulfide) groups is 1. The first-order valence-electron chi connectivity index (χ1n) is 5.72. The molecule has 0 spiro atoms. The van der Waals surface area contributed by atoms with E-state index >= 15 is 0 Å². The highest BCUT2D eigenvalue weighted by Crippen LogP contribution is 2.45. The zero-order valence-corrected chi connectivity index (χ0v) is 10.8. The van der Waals surface area contributed by atoms with Gasteiger partial charge in [0.05, 0.1) is 5.03 Å². The molecule has 0 saturated carbocycles. The van der Waals surface area contributed by atoms with E-state index in [-0.39, 0.29) is 0 Å². The predicted molar refractivity (Wildman–Crippen MR) is 66.6 cm³/mol. The summed E-state index contributed by atoms with van der Waals surface area (Å²) in [4.78, 5) is 4.50. The number of hydrogen-bond acceptors (Lipinski definition) is 2. The lowest BCUT2D eigenvalue weighted by Crippen LogP contribution is -2.09. The van der Waals surface area contributed by atoms with Gasteiger partial charge in [-0.25, -0.2) is 4.98 Å². The molecular weight excluding hydrogens is 202 g/mol. The van der Waals surface area contributed by atoms with Crippen LogP contribution in [0.4, 0.5) is 0 Å². The topological polar surface area (TPSA) is 12.9 Å².